The third-order valence-electron chi connectivity index (χ3n) is 3.42. The number of alkyl halides is 3. The predicted octanol–water partition coefficient (Wildman–Crippen LogP) is 3.59. The molecule has 0 unspecified atom stereocenters. The molecule has 3 aromatic rings. The highest BCUT2D eigenvalue weighted by atomic mass is 19.4. The van der Waals surface area contributed by atoms with Gasteiger partial charge < -0.3 is 10.1 Å². The van der Waals surface area contributed by atoms with Gasteiger partial charge in [-0.25, -0.2) is 14.4 Å². The van der Waals surface area contributed by atoms with Crippen molar-refractivity contribution >= 4 is 11.6 Å². The van der Waals surface area contributed by atoms with E-state index < -0.39 is 17.6 Å². The second-order valence-electron chi connectivity index (χ2n) is 5.24. The summed E-state index contributed by atoms with van der Waals surface area (Å²) in [6, 6.07) is 4.64. The highest BCUT2D eigenvalue weighted by molar-refractivity contribution is 5.67. The van der Waals surface area contributed by atoms with Crippen molar-refractivity contribution in [3.05, 3.63) is 48.2 Å². The Kier molecular flexibility index (Phi) is 4.49. The molecule has 1 radical (unpaired) electrons. The number of ether oxygens (including phenoxy) is 1. The Morgan fingerprint density at radius 2 is 2.04 bits per heavy atom. The molecule has 0 aliphatic rings. The van der Waals surface area contributed by atoms with E-state index in [1.165, 1.54) is 30.3 Å². The maximum Gasteiger partial charge on any atom is 0.419 e. The van der Waals surface area contributed by atoms with Crippen LogP contribution in [0.25, 0.3) is 11.3 Å². The fraction of sp³-hybridized carbons (Fsp3) is 0.188. The van der Waals surface area contributed by atoms with Gasteiger partial charge in [0, 0.05) is 37.1 Å². The molecule has 0 saturated carbocycles. The molecule has 2 heterocycles. The SMILES string of the molecule is COc1c[c]c(F)cc1Nc1ncc(C(F)(F)F)c(-c2cnn(C)c2)n1. The molecule has 0 fully saturated rings. The molecule has 0 aliphatic heterocycles. The Bertz CT molecular complexity index is 939. The quantitative estimate of drug-likeness (QED) is 0.715. The number of aryl methyl sites for hydroxylation is 1. The van der Waals surface area contributed by atoms with Gasteiger partial charge in [-0.3, -0.25) is 4.68 Å². The molecule has 26 heavy (non-hydrogen) atoms. The lowest BCUT2D eigenvalue weighted by atomic mass is 10.1. The van der Waals surface area contributed by atoms with E-state index in [0.29, 0.717) is 6.20 Å². The average molecular weight is 366 g/mol. The maximum absolute atomic E-state index is 13.4. The minimum atomic E-state index is -4.64. The molecule has 1 N–H and O–H groups in total. The first-order chi connectivity index (χ1) is 12.3. The van der Waals surface area contributed by atoms with Gasteiger partial charge in [0.05, 0.1) is 24.7 Å². The van der Waals surface area contributed by atoms with Gasteiger partial charge in [0.2, 0.25) is 5.95 Å². The molecule has 0 atom stereocenters. The molecule has 135 valence electrons. The lowest BCUT2D eigenvalue weighted by Gasteiger charge is -2.14. The van der Waals surface area contributed by atoms with Gasteiger partial charge in [0.1, 0.15) is 17.1 Å². The summed E-state index contributed by atoms with van der Waals surface area (Å²) in [5.41, 5.74) is -1.02. The first kappa shape index (κ1) is 17.6. The Hall–Kier alpha value is -3.17. The van der Waals surface area contributed by atoms with E-state index >= 15 is 0 Å². The summed E-state index contributed by atoms with van der Waals surface area (Å²) in [5, 5.41) is 6.52. The molecular formula is C16H12F4N5O. The fourth-order valence-corrected chi connectivity index (χ4v) is 2.25. The molecule has 2 aromatic heterocycles. The van der Waals surface area contributed by atoms with E-state index in [2.05, 4.69) is 26.4 Å². The van der Waals surface area contributed by atoms with Crippen LogP contribution in [0.15, 0.2) is 30.7 Å². The Labute approximate surface area is 145 Å². The van der Waals surface area contributed by atoms with Crippen LogP contribution >= 0.6 is 0 Å². The fourth-order valence-electron chi connectivity index (χ4n) is 2.25. The summed E-state index contributed by atoms with van der Waals surface area (Å²) in [5.74, 6) is -0.591. The molecule has 6 nitrogen and oxygen atoms in total. The van der Waals surface area contributed by atoms with Crippen LogP contribution in [-0.4, -0.2) is 26.9 Å². The minimum absolute atomic E-state index is 0.152. The molecular weight excluding hydrogens is 354 g/mol. The maximum atomic E-state index is 13.4. The molecule has 0 spiro atoms. The number of hydrogen-bond acceptors (Lipinski definition) is 5. The van der Waals surface area contributed by atoms with Crippen LogP contribution in [0.1, 0.15) is 5.56 Å². The number of anilines is 2. The predicted molar refractivity (Wildman–Crippen MR) is 84.3 cm³/mol. The van der Waals surface area contributed by atoms with Gasteiger partial charge in [0.25, 0.3) is 0 Å². The number of aromatic nitrogens is 4. The second-order valence-corrected chi connectivity index (χ2v) is 5.24. The Balaban J connectivity index is 2.06. The van der Waals surface area contributed by atoms with Gasteiger partial charge in [0.15, 0.2) is 0 Å². The number of rotatable bonds is 4. The van der Waals surface area contributed by atoms with Crippen molar-refractivity contribution in [3.63, 3.8) is 0 Å². The zero-order chi connectivity index (χ0) is 18.9. The zero-order valence-corrected chi connectivity index (χ0v) is 13.6. The third-order valence-corrected chi connectivity index (χ3v) is 3.42. The number of nitrogens with one attached hydrogen (secondary N) is 1. The normalized spacial score (nSPS) is 11.5. The van der Waals surface area contributed by atoms with Crippen LogP contribution in [0.2, 0.25) is 0 Å². The molecule has 0 bridgehead atoms. The first-order valence-electron chi connectivity index (χ1n) is 7.23. The summed E-state index contributed by atoms with van der Waals surface area (Å²) in [7, 11) is 2.94. The topological polar surface area (TPSA) is 64.9 Å². The largest absolute Gasteiger partial charge is 0.495 e. The van der Waals surface area contributed by atoms with E-state index in [9.17, 15) is 17.6 Å². The van der Waals surface area contributed by atoms with Gasteiger partial charge in [-0.05, 0) is 6.07 Å². The monoisotopic (exact) mass is 366 g/mol. The van der Waals surface area contributed by atoms with Crippen molar-refractivity contribution in [2.45, 2.75) is 6.18 Å². The molecule has 0 aliphatic carbocycles. The zero-order valence-electron chi connectivity index (χ0n) is 13.6. The van der Waals surface area contributed by atoms with Crippen molar-refractivity contribution in [3.8, 4) is 17.0 Å². The Morgan fingerprint density at radius 1 is 1.27 bits per heavy atom. The molecule has 0 amide bonds. The van der Waals surface area contributed by atoms with Crippen LogP contribution in [0.4, 0.5) is 29.2 Å². The first-order valence-corrected chi connectivity index (χ1v) is 7.23. The average Bonchev–Trinajstić information content (AvgIpc) is 3.00. The van der Waals surface area contributed by atoms with Gasteiger partial charge in [-0.2, -0.15) is 18.3 Å². The van der Waals surface area contributed by atoms with E-state index in [1.807, 2.05) is 0 Å². The summed E-state index contributed by atoms with van der Waals surface area (Å²) in [4.78, 5) is 7.62. The molecule has 1 aromatic carbocycles. The van der Waals surface area contributed by atoms with Crippen LogP contribution in [0, 0.1) is 11.9 Å². The van der Waals surface area contributed by atoms with Crippen molar-refractivity contribution in [1.29, 1.82) is 0 Å². The third kappa shape index (κ3) is 3.58. The minimum Gasteiger partial charge on any atom is -0.495 e. The Morgan fingerprint density at radius 3 is 2.65 bits per heavy atom. The molecule has 3 rings (SSSR count). The van der Waals surface area contributed by atoms with Crippen LogP contribution in [-0.2, 0) is 13.2 Å². The van der Waals surface area contributed by atoms with Gasteiger partial charge in [-0.15, -0.1) is 0 Å². The highest BCUT2D eigenvalue weighted by Gasteiger charge is 2.35. The van der Waals surface area contributed by atoms with E-state index in [1.54, 1.807) is 7.05 Å². The lowest BCUT2D eigenvalue weighted by molar-refractivity contribution is -0.137. The van der Waals surface area contributed by atoms with Gasteiger partial charge >= 0.3 is 6.18 Å². The van der Waals surface area contributed by atoms with E-state index in [0.717, 1.165) is 6.07 Å². The number of methoxy groups -OCH3 is 1. The standard InChI is InChI=1S/C16H12F4N5O/c1-25-8-9(6-22-25)14-11(16(18,19)20)7-21-15(24-14)23-12-5-10(17)3-4-13(12)26-2/h4-8H,1-2H3,(H,21,23,24). The van der Waals surface area contributed by atoms with Crippen LogP contribution < -0.4 is 10.1 Å². The van der Waals surface area contributed by atoms with Crippen molar-refractivity contribution in [1.82, 2.24) is 19.7 Å². The summed E-state index contributed by atoms with van der Waals surface area (Å²) < 4.78 is 59.6. The van der Waals surface area contributed by atoms with E-state index in [4.69, 9.17) is 4.74 Å². The van der Waals surface area contributed by atoms with E-state index in [-0.39, 0.29) is 28.6 Å². The number of hydrogen-bond donors (Lipinski definition) is 1. The highest BCUT2D eigenvalue weighted by Crippen LogP contribution is 2.36. The molecule has 0 saturated heterocycles. The number of nitrogens with zero attached hydrogens (tertiary/aromatic N) is 4. The summed E-state index contributed by atoms with van der Waals surface area (Å²) >= 11 is 0. The number of halogens is 4. The lowest BCUT2D eigenvalue weighted by Crippen LogP contribution is -2.11. The van der Waals surface area contributed by atoms with Crippen molar-refractivity contribution in [2.24, 2.45) is 7.05 Å². The van der Waals surface area contributed by atoms with Gasteiger partial charge in [-0.1, -0.05) is 0 Å². The van der Waals surface area contributed by atoms with Crippen molar-refractivity contribution in [2.75, 3.05) is 12.4 Å². The van der Waals surface area contributed by atoms with Crippen molar-refractivity contribution < 1.29 is 22.3 Å². The summed E-state index contributed by atoms with van der Waals surface area (Å²) in [6.07, 6.45) is -1.32. The van der Waals surface area contributed by atoms with Crippen LogP contribution in [0.3, 0.4) is 0 Å². The molecule has 10 heteroatoms. The second kappa shape index (κ2) is 6.62. The smallest absolute Gasteiger partial charge is 0.419 e. The number of benzene rings is 1. The van der Waals surface area contributed by atoms with Crippen LogP contribution in [0.5, 0.6) is 5.75 Å². The summed E-state index contributed by atoms with van der Waals surface area (Å²) in [6.45, 7) is 0.